The zero-order valence-corrected chi connectivity index (χ0v) is 17.3. The van der Waals surface area contributed by atoms with Crippen molar-refractivity contribution < 1.29 is 28.2 Å². The molecule has 0 saturated carbocycles. The molecule has 4 rings (SSSR count). The van der Waals surface area contributed by atoms with Crippen LogP contribution >= 0.6 is 0 Å². The minimum Gasteiger partial charge on any atom is -0.465 e. The Hall–Kier alpha value is -4.39. The van der Waals surface area contributed by atoms with Crippen LogP contribution in [0.5, 0.6) is 17.2 Å². The molecule has 32 heavy (non-hydrogen) atoms. The average Bonchev–Trinajstić information content (AvgIpc) is 2.81. The first-order valence-corrected chi connectivity index (χ1v) is 9.65. The molecule has 1 aromatic heterocycles. The van der Waals surface area contributed by atoms with Crippen LogP contribution in [-0.4, -0.2) is 19.0 Å². The van der Waals surface area contributed by atoms with E-state index in [4.69, 9.17) is 13.9 Å². The largest absolute Gasteiger partial charge is 0.465 e. The molecule has 0 fully saturated rings. The molecule has 0 atom stereocenters. The van der Waals surface area contributed by atoms with Gasteiger partial charge in [-0.15, -0.1) is 0 Å². The van der Waals surface area contributed by atoms with Gasteiger partial charge in [0.15, 0.2) is 0 Å². The van der Waals surface area contributed by atoms with Crippen molar-refractivity contribution in [2.45, 2.75) is 6.92 Å². The minimum absolute atomic E-state index is 0.0206. The summed E-state index contributed by atoms with van der Waals surface area (Å²) in [5, 5.41) is 0.267. The van der Waals surface area contributed by atoms with Gasteiger partial charge in [0.2, 0.25) is 11.2 Å². The highest BCUT2D eigenvalue weighted by atomic mass is 16.5. The van der Waals surface area contributed by atoms with Crippen LogP contribution in [0.15, 0.2) is 82.2 Å². The van der Waals surface area contributed by atoms with Crippen LogP contribution in [0.3, 0.4) is 0 Å². The van der Waals surface area contributed by atoms with Gasteiger partial charge < -0.3 is 18.6 Å². The molecule has 1 heterocycles. The van der Waals surface area contributed by atoms with Crippen molar-refractivity contribution in [3.05, 3.63) is 99.9 Å². The summed E-state index contributed by atoms with van der Waals surface area (Å²) in [6.45, 7) is 1.93. The van der Waals surface area contributed by atoms with Gasteiger partial charge in [0.05, 0.1) is 23.6 Å². The Labute approximate surface area is 182 Å². The molecule has 0 aliphatic heterocycles. The van der Waals surface area contributed by atoms with E-state index in [1.54, 1.807) is 24.3 Å². The van der Waals surface area contributed by atoms with Gasteiger partial charge in [-0.1, -0.05) is 17.7 Å². The molecule has 0 N–H and O–H groups in total. The molecule has 0 amide bonds. The smallest absolute Gasteiger partial charge is 0.343 e. The molecule has 7 heteroatoms. The maximum absolute atomic E-state index is 12.8. The molecule has 0 spiro atoms. The van der Waals surface area contributed by atoms with Crippen molar-refractivity contribution >= 4 is 22.9 Å². The summed E-state index contributed by atoms with van der Waals surface area (Å²) >= 11 is 0. The van der Waals surface area contributed by atoms with E-state index in [0.717, 1.165) is 5.56 Å². The predicted octanol–water partition coefficient (Wildman–Crippen LogP) is 4.90. The van der Waals surface area contributed by atoms with Gasteiger partial charge in [-0.3, -0.25) is 4.79 Å². The number of methoxy groups -OCH3 is 1. The summed E-state index contributed by atoms with van der Waals surface area (Å²) in [6, 6.07) is 17.6. The molecule has 3 aromatic carbocycles. The third kappa shape index (κ3) is 4.37. The van der Waals surface area contributed by atoms with E-state index in [1.807, 2.05) is 19.1 Å². The monoisotopic (exact) mass is 430 g/mol. The standard InChI is InChI=1S/C25H18O7/c1-15-3-5-17(6-4-15)25(28)32-19-11-12-20-21(13-19)30-14-22(23(20)26)31-18-9-7-16(8-10-18)24(27)29-2/h3-14H,1-2H3. The number of esters is 2. The molecule has 0 saturated heterocycles. The zero-order valence-electron chi connectivity index (χ0n) is 17.3. The zero-order chi connectivity index (χ0) is 22.7. The number of hydrogen-bond acceptors (Lipinski definition) is 7. The van der Waals surface area contributed by atoms with E-state index in [2.05, 4.69) is 4.74 Å². The number of aryl methyl sites for hydroxylation is 1. The summed E-state index contributed by atoms with van der Waals surface area (Å²) < 4.78 is 21.2. The summed E-state index contributed by atoms with van der Waals surface area (Å²) in [4.78, 5) is 36.6. The van der Waals surface area contributed by atoms with Crippen LogP contribution in [0, 0.1) is 6.92 Å². The molecule has 0 radical (unpaired) electrons. The molecule has 160 valence electrons. The van der Waals surface area contributed by atoms with Crippen LogP contribution in [0.1, 0.15) is 26.3 Å². The van der Waals surface area contributed by atoms with Gasteiger partial charge in [-0.2, -0.15) is 0 Å². The molecule has 0 unspecified atom stereocenters. The van der Waals surface area contributed by atoms with E-state index in [9.17, 15) is 14.4 Å². The number of carbonyl (C=O) groups excluding carboxylic acids is 2. The quantitative estimate of drug-likeness (QED) is 0.328. The lowest BCUT2D eigenvalue weighted by Gasteiger charge is -2.08. The Morgan fingerprint density at radius 2 is 1.44 bits per heavy atom. The van der Waals surface area contributed by atoms with E-state index in [0.29, 0.717) is 16.9 Å². The maximum atomic E-state index is 12.8. The SMILES string of the molecule is COC(=O)c1ccc(Oc2coc3cc(OC(=O)c4ccc(C)cc4)ccc3c2=O)cc1. The van der Waals surface area contributed by atoms with E-state index < -0.39 is 11.9 Å². The van der Waals surface area contributed by atoms with Crippen LogP contribution in [0.25, 0.3) is 11.0 Å². The van der Waals surface area contributed by atoms with E-state index in [-0.39, 0.29) is 27.9 Å². The van der Waals surface area contributed by atoms with Crippen molar-refractivity contribution in [1.82, 2.24) is 0 Å². The van der Waals surface area contributed by atoms with Gasteiger partial charge >= 0.3 is 11.9 Å². The second kappa shape index (κ2) is 8.77. The maximum Gasteiger partial charge on any atom is 0.343 e. The molecule has 7 nitrogen and oxygen atoms in total. The Morgan fingerprint density at radius 3 is 2.12 bits per heavy atom. The van der Waals surface area contributed by atoms with Crippen LogP contribution in [0.2, 0.25) is 0 Å². The highest BCUT2D eigenvalue weighted by Gasteiger charge is 2.13. The van der Waals surface area contributed by atoms with Crippen molar-refractivity contribution in [3.63, 3.8) is 0 Å². The fourth-order valence-electron chi connectivity index (χ4n) is 2.98. The first-order chi connectivity index (χ1) is 15.4. The number of benzene rings is 3. The molecule has 0 bridgehead atoms. The predicted molar refractivity (Wildman–Crippen MR) is 116 cm³/mol. The van der Waals surface area contributed by atoms with E-state index in [1.165, 1.54) is 43.7 Å². The summed E-state index contributed by atoms with van der Waals surface area (Å²) in [6.07, 6.45) is 1.18. The summed E-state index contributed by atoms with van der Waals surface area (Å²) in [5.41, 5.74) is 1.67. The summed E-state index contributed by atoms with van der Waals surface area (Å²) in [7, 11) is 1.29. The average molecular weight is 430 g/mol. The highest BCUT2D eigenvalue weighted by Crippen LogP contribution is 2.25. The topological polar surface area (TPSA) is 92.0 Å². The van der Waals surface area contributed by atoms with Gasteiger partial charge in [-0.25, -0.2) is 9.59 Å². The van der Waals surface area contributed by atoms with Gasteiger partial charge in [0.1, 0.15) is 23.3 Å². The molecular formula is C25H18O7. The van der Waals surface area contributed by atoms with Crippen molar-refractivity contribution in [1.29, 1.82) is 0 Å². The van der Waals surface area contributed by atoms with Crippen LogP contribution < -0.4 is 14.9 Å². The molecule has 0 aliphatic carbocycles. The Balaban J connectivity index is 1.54. The minimum atomic E-state index is -0.512. The number of rotatable bonds is 5. The lowest BCUT2D eigenvalue weighted by Crippen LogP contribution is -2.09. The fourth-order valence-corrected chi connectivity index (χ4v) is 2.98. The second-order valence-corrected chi connectivity index (χ2v) is 6.96. The van der Waals surface area contributed by atoms with Gasteiger partial charge in [-0.05, 0) is 55.5 Å². The first-order valence-electron chi connectivity index (χ1n) is 9.65. The number of carbonyl (C=O) groups is 2. The fraction of sp³-hybridized carbons (Fsp3) is 0.0800. The third-order valence-corrected chi connectivity index (χ3v) is 4.72. The number of fused-ring (bicyclic) bond motifs is 1. The molecular weight excluding hydrogens is 412 g/mol. The second-order valence-electron chi connectivity index (χ2n) is 6.96. The van der Waals surface area contributed by atoms with Crippen molar-refractivity contribution in [3.8, 4) is 17.2 Å². The Kier molecular flexibility index (Phi) is 5.72. The first kappa shape index (κ1) is 20.9. The lowest BCUT2D eigenvalue weighted by molar-refractivity contribution is 0.0600. The van der Waals surface area contributed by atoms with Crippen LogP contribution in [-0.2, 0) is 4.74 Å². The molecule has 0 aliphatic rings. The Bertz CT molecular complexity index is 1350. The third-order valence-electron chi connectivity index (χ3n) is 4.72. The highest BCUT2D eigenvalue weighted by molar-refractivity contribution is 5.91. The summed E-state index contributed by atoms with van der Waals surface area (Å²) in [5.74, 6) is -0.401. The number of ether oxygens (including phenoxy) is 3. The Morgan fingerprint density at radius 1 is 0.812 bits per heavy atom. The molecule has 4 aromatic rings. The van der Waals surface area contributed by atoms with Crippen molar-refractivity contribution in [2.75, 3.05) is 7.11 Å². The van der Waals surface area contributed by atoms with E-state index >= 15 is 0 Å². The van der Waals surface area contributed by atoms with Crippen LogP contribution in [0.4, 0.5) is 0 Å². The normalized spacial score (nSPS) is 10.6. The van der Waals surface area contributed by atoms with Crippen molar-refractivity contribution in [2.24, 2.45) is 0 Å². The van der Waals surface area contributed by atoms with Gasteiger partial charge in [0, 0.05) is 6.07 Å². The lowest BCUT2D eigenvalue weighted by atomic mass is 10.1. The van der Waals surface area contributed by atoms with Gasteiger partial charge in [0.25, 0.3) is 0 Å². The number of hydrogen-bond donors (Lipinski definition) is 0.